The van der Waals surface area contributed by atoms with E-state index < -0.39 is 16.5 Å². The summed E-state index contributed by atoms with van der Waals surface area (Å²) < 4.78 is 6.26. The van der Waals surface area contributed by atoms with E-state index in [1.165, 1.54) is 16.8 Å². The van der Waals surface area contributed by atoms with Gasteiger partial charge in [-0.25, -0.2) is 4.79 Å². The first-order valence-corrected chi connectivity index (χ1v) is 8.81. The number of H-pyrrole nitrogens is 1. The van der Waals surface area contributed by atoms with Gasteiger partial charge in [0.15, 0.2) is 0 Å². The zero-order chi connectivity index (χ0) is 19.4. The maximum Gasteiger partial charge on any atom is 0.442 e. The number of hydrogen-bond donors (Lipinski definition) is 2. The summed E-state index contributed by atoms with van der Waals surface area (Å²) in [6.45, 7) is 1.73. The highest BCUT2D eigenvalue weighted by molar-refractivity contribution is 7.99. The van der Waals surface area contributed by atoms with Crippen LogP contribution in [-0.4, -0.2) is 21.9 Å². The summed E-state index contributed by atoms with van der Waals surface area (Å²) in [5.41, 5.74) is 1.02. The molecular weight excluding hydrogens is 372 g/mol. The Balaban J connectivity index is 1.72. The van der Waals surface area contributed by atoms with E-state index in [1.54, 1.807) is 37.3 Å². The van der Waals surface area contributed by atoms with Crippen molar-refractivity contribution in [3.63, 3.8) is 0 Å². The zero-order valence-electron chi connectivity index (χ0n) is 14.2. The highest BCUT2D eigenvalue weighted by atomic mass is 32.2. The Labute approximate surface area is 157 Å². The summed E-state index contributed by atoms with van der Waals surface area (Å²) in [5, 5.41) is 16.2. The number of benzene rings is 2. The first kappa shape index (κ1) is 18.4. The number of nitrogens with zero attached hydrogens (tertiary/aromatic N) is 2. The van der Waals surface area contributed by atoms with Crippen LogP contribution in [0, 0.1) is 17.0 Å². The van der Waals surface area contributed by atoms with Gasteiger partial charge in [-0.3, -0.25) is 19.4 Å². The van der Waals surface area contributed by atoms with Crippen molar-refractivity contribution >= 4 is 29.0 Å². The topological polar surface area (TPSA) is 122 Å². The van der Waals surface area contributed by atoms with Crippen LogP contribution in [0.4, 0.5) is 11.4 Å². The average Bonchev–Trinajstić information content (AvgIpc) is 3.03. The summed E-state index contributed by atoms with van der Waals surface area (Å²) in [6.07, 6.45) is 0. The summed E-state index contributed by atoms with van der Waals surface area (Å²) >= 11 is 0.998. The summed E-state index contributed by atoms with van der Waals surface area (Å²) in [6, 6.07) is 13.2. The Bertz CT molecular complexity index is 1040. The lowest BCUT2D eigenvalue weighted by Gasteiger charge is -2.07. The van der Waals surface area contributed by atoms with Crippen molar-refractivity contribution in [3.05, 3.63) is 74.6 Å². The van der Waals surface area contributed by atoms with E-state index in [-0.39, 0.29) is 16.5 Å². The molecule has 3 aromatic rings. The summed E-state index contributed by atoms with van der Waals surface area (Å²) in [7, 11) is 0. The van der Waals surface area contributed by atoms with Crippen LogP contribution >= 0.6 is 11.8 Å². The van der Waals surface area contributed by atoms with Crippen molar-refractivity contribution in [1.29, 1.82) is 0 Å². The lowest BCUT2D eigenvalue weighted by molar-refractivity contribution is -0.704. The molecule has 0 radical (unpaired) electrons. The molecule has 138 valence electrons. The lowest BCUT2D eigenvalue weighted by Crippen LogP contribution is -2.36. The predicted molar refractivity (Wildman–Crippen MR) is 98.0 cm³/mol. The fourth-order valence-electron chi connectivity index (χ4n) is 2.31. The number of nitro benzene ring substituents is 1. The molecule has 10 heteroatoms. The number of hydrogen-bond acceptors (Lipinski definition) is 6. The SMILES string of the molecule is Cc1ccc([N+](=O)[O-])cc1NC(=O)CSc1c(=O)o[nH][n+]1-c1ccccc1. The molecule has 0 aliphatic heterocycles. The molecule has 1 amide bonds. The Hall–Kier alpha value is -3.40. The third-order valence-electron chi connectivity index (χ3n) is 3.67. The number of anilines is 1. The molecule has 0 saturated heterocycles. The van der Waals surface area contributed by atoms with Crippen molar-refractivity contribution in [1.82, 2.24) is 5.27 Å². The lowest BCUT2D eigenvalue weighted by atomic mass is 10.2. The zero-order valence-corrected chi connectivity index (χ0v) is 15.0. The van der Waals surface area contributed by atoms with Crippen molar-refractivity contribution in [2.75, 3.05) is 11.1 Å². The van der Waals surface area contributed by atoms with Gasteiger partial charge in [0.25, 0.3) is 5.69 Å². The van der Waals surface area contributed by atoms with Gasteiger partial charge in [0.1, 0.15) is 0 Å². The van der Waals surface area contributed by atoms with Crippen LogP contribution < -0.4 is 15.6 Å². The molecule has 0 unspecified atom stereocenters. The number of non-ortho nitro benzene ring substituents is 1. The second-order valence-corrected chi connectivity index (χ2v) is 6.51. The minimum Gasteiger partial charge on any atom is -0.325 e. The third-order valence-corrected chi connectivity index (χ3v) is 4.70. The smallest absolute Gasteiger partial charge is 0.325 e. The van der Waals surface area contributed by atoms with Crippen LogP contribution in [0.15, 0.2) is 62.9 Å². The number of para-hydroxylation sites is 1. The molecule has 2 aromatic carbocycles. The molecule has 0 aliphatic rings. The molecular formula is C17H15N4O5S+. The number of carbonyl (C=O) groups excluding carboxylic acids is 1. The molecule has 0 aliphatic carbocycles. The van der Waals surface area contributed by atoms with E-state index in [1.807, 2.05) is 6.07 Å². The van der Waals surface area contributed by atoms with Crippen molar-refractivity contribution in [2.45, 2.75) is 11.9 Å². The number of aromatic amines is 1. The molecule has 9 nitrogen and oxygen atoms in total. The Morgan fingerprint density at radius 3 is 2.74 bits per heavy atom. The normalized spacial score (nSPS) is 10.6. The summed E-state index contributed by atoms with van der Waals surface area (Å²) in [5.74, 6) is -0.471. The van der Waals surface area contributed by atoms with Crippen LogP contribution in [0.1, 0.15) is 5.56 Å². The number of amides is 1. The van der Waals surface area contributed by atoms with Gasteiger partial charge in [-0.15, -0.1) is 0 Å². The Kier molecular flexibility index (Phi) is 5.36. The van der Waals surface area contributed by atoms with Crippen molar-refractivity contribution < 1.29 is 18.9 Å². The van der Waals surface area contributed by atoms with E-state index in [9.17, 15) is 19.7 Å². The van der Waals surface area contributed by atoms with Gasteiger partial charge in [0.05, 0.1) is 16.4 Å². The number of aryl methyl sites for hydroxylation is 1. The van der Waals surface area contributed by atoms with Crippen LogP contribution in [0.25, 0.3) is 5.69 Å². The quantitative estimate of drug-likeness (QED) is 0.289. The second kappa shape index (κ2) is 7.87. The van der Waals surface area contributed by atoms with Crippen LogP contribution in [0.5, 0.6) is 0 Å². The highest BCUT2D eigenvalue weighted by Crippen LogP contribution is 2.22. The maximum absolute atomic E-state index is 12.2. The van der Waals surface area contributed by atoms with E-state index in [0.717, 1.165) is 11.8 Å². The van der Waals surface area contributed by atoms with E-state index >= 15 is 0 Å². The fraction of sp³-hybridized carbons (Fsp3) is 0.118. The van der Waals surface area contributed by atoms with Gasteiger partial charge in [0, 0.05) is 24.3 Å². The monoisotopic (exact) mass is 387 g/mol. The van der Waals surface area contributed by atoms with Crippen molar-refractivity contribution in [3.8, 4) is 5.69 Å². The van der Waals surface area contributed by atoms with Gasteiger partial charge in [-0.2, -0.15) is 0 Å². The molecule has 0 bridgehead atoms. The number of thioether (sulfide) groups is 1. The van der Waals surface area contributed by atoms with E-state index in [0.29, 0.717) is 16.9 Å². The molecule has 27 heavy (non-hydrogen) atoms. The predicted octanol–water partition coefficient (Wildman–Crippen LogP) is 2.19. The van der Waals surface area contributed by atoms with Gasteiger partial charge in [-0.05, 0) is 34.2 Å². The minimum absolute atomic E-state index is 0.0718. The minimum atomic E-state index is -0.594. The fourth-order valence-corrected chi connectivity index (χ4v) is 3.08. The first-order chi connectivity index (χ1) is 13.0. The Morgan fingerprint density at radius 1 is 1.30 bits per heavy atom. The number of nitrogens with one attached hydrogen (secondary N) is 2. The van der Waals surface area contributed by atoms with Crippen molar-refractivity contribution in [2.24, 2.45) is 0 Å². The number of rotatable bonds is 6. The molecule has 1 heterocycles. The molecule has 0 saturated carbocycles. The number of nitro groups is 1. The first-order valence-electron chi connectivity index (χ1n) is 7.82. The molecule has 0 fully saturated rings. The van der Waals surface area contributed by atoms with Crippen LogP contribution in [-0.2, 0) is 4.79 Å². The summed E-state index contributed by atoms with van der Waals surface area (Å²) in [4.78, 5) is 34.5. The van der Waals surface area contributed by atoms with E-state index in [2.05, 4.69) is 10.6 Å². The number of aromatic nitrogens is 2. The highest BCUT2D eigenvalue weighted by Gasteiger charge is 2.25. The van der Waals surface area contributed by atoms with Gasteiger partial charge in [-0.1, -0.05) is 24.3 Å². The second-order valence-electron chi connectivity index (χ2n) is 5.55. The maximum atomic E-state index is 12.2. The largest absolute Gasteiger partial charge is 0.442 e. The van der Waals surface area contributed by atoms with Gasteiger partial charge >= 0.3 is 10.7 Å². The third kappa shape index (κ3) is 4.23. The molecule has 0 atom stereocenters. The Morgan fingerprint density at radius 2 is 2.04 bits per heavy atom. The average molecular weight is 387 g/mol. The van der Waals surface area contributed by atoms with Crippen LogP contribution in [0.2, 0.25) is 0 Å². The van der Waals surface area contributed by atoms with E-state index in [4.69, 9.17) is 4.52 Å². The van der Waals surface area contributed by atoms with Crippen LogP contribution in [0.3, 0.4) is 0 Å². The van der Waals surface area contributed by atoms with Gasteiger partial charge in [0.2, 0.25) is 11.6 Å². The number of carbonyl (C=O) groups is 1. The van der Waals surface area contributed by atoms with Gasteiger partial charge < -0.3 is 5.32 Å². The molecule has 3 rings (SSSR count). The molecule has 2 N–H and O–H groups in total. The standard InChI is InChI=1S/C17H14N4O5S/c1-11-7-8-13(21(24)25)9-14(11)18-15(22)10-27-16-17(23)26-19-20(16)12-5-3-2-4-6-12/h2-9H,10H2,1H3,(H-,18,19,22,23)/p+1. The molecule has 1 aromatic heterocycles. The molecule has 0 spiro atoms.